The van der Waals surface area contributed by atoms with Gasteiger partial charge in [-0.3, -0.25) is 24.4 Å². The number of rotatable bonds is 14. The molecule has 12 nitrogen and oxygen atoms in total. The van der Waals surface area contributed by atoms with E-state index in [1.165, 1.54) is 23.9 Å². The van der Waals surface area contributed by atoms with Crippen LogP contribution in [-0.2, 0) is 24.4 Å². The van der Waals surface area contributed by atoms with Gasteiger partial charge in [-0.1, -0.05) is 57.8 Å². The van der Waals surface area contributed by atoms with Crippen molar-refractivity contribution in [3.05, 3.63) is 47.0 Å². The van der Waals surface area contributed by atoms with Crippen molar-refractivity contribution >= 4 is 45.6 Å². The molecule has 0 saturated carbocycles. The summed E-state index contributed by atoms with van der Waals surface area (Å²) in [5.74, 6) is -3.52. The lowest BCUT2D eigenvalue weighted by Crippen LogP contribution is -2.42. The van der Waals surface area contributed by atoms with E-state index in [-0.39, 0.29) is 53.0 Å². The summed E-state index contributed by atoms with van der Waals surface area (Å²) >= 11 is 6.03. The number of hydrogen-bond acceptors (Lipinski definition) is 8. The lowest BCUT2D eigenvalue weighted by molar-refractivity contribution is -0.141. The largest absolute Gasteiger partial charge is 0.355 e. The highest BCUT2D eigenvalue weighted by molar-refractivity contribution is 7.90. The summed E-state index contributed by atoms with van der Waals surface area (Å²) in [6.45, 7) is 7.36. The molecule has 1 aromatic heterocycles. The van der Waals surface area contributed by atoms with Crippen molar-refractivity contribution in [3.8, 4) is 0 Å². The van der Waals surface area contributed by atoms with Gasteiger partial charge in [-0.15, -0.1) is 0 Å². The van der Waals surface area contributed by atoms with E-state index in [0.29, 0.717) is 6.29 Å². The molecule has 0 aliphatic rings. The van der Waals surface area contributed by atoms with Crippen LogP contribution in [0.1, 0.15) is 69.1 Å². The highest BCUT2D eigenvalue weighted by Crippen LogP contribution is 2.32. The van der Waals surface area contributed by atoms with Crippen molar-refractivity contribution in [2.45, 2.75) is 57.9 Å². The summed E-state index contributed by atoms with van der Waals surface area (Å²) in [6.07, 6.45) is 2.66. The average Bonchev–Trinajstić information content (AvgIpc) is 3.26. The van der Waals surface area contributed by atoms with E-state index < -0.39 is 33.7 Å². The summed E-state index contributed by atoms with van der Waals surface area (Å²) < 4.78 is 29.1. The van der Waals surface area contributed by atoms with Crippen molar-refractivity contribution in [2.75, 3.05) is 6.54 Å². The lowest BCUT2D eigenvalue weighted by atomic mass is 9.92. The van der Waals surface area contributed by atoms with E-state index in [0.717, 1.165) is 12.0 Å². The second-order valence-corrected chi connectivity index (χ2v) is 11.6. The number of halogens is 1. The maximum atomic E-state index is 12.8. The fourth-order valence-corrected chi connectivity index (χ4v) is 5.27. The monoisotopic (exact) mass is 583 g/mol. The Kier molecular flexibility index (Phi) is 11.6. The molecule has 0 aliphatic heterocycles. The first-order valence-electron chi connectivity index (χ1n) is 12.4. The number of benzene rings is 1. The number of hydroxylamine groups is 1. The number of aldehydes is 1. The third-order valence-electron chi connectivity index (χ3n) is 6.26. The molecule has 0 radical (unpaired) electrons. The van der Waals surface area contributed by atoms with E-state index >= 15 is 0 Å². The minimum Gasteiger partial charge on any atom is -0.355 e. The Morgan fingerprint density at radius 2 is 1.77 bits per heavy atom. The summed E-state index contributed by atoms with van der Waals surface area (Å²) in [4.78, 5) is 51.8. The topological polar surface area (TPSA) is 177 Å². The fourth-order valence-electron chi connectivity index (χ4n) is 4.07. The number of carbonyl (C=O) groups is 4. The molecule has 2 aromatic rings. The number of nitrogens with zero attached hydrogens (tertiary/aromatic N) is 2. The molecule has 4 N–H and O–H groups in total. The Hall–Kier alpha value is -3.29. The van der Waals surface area contributed by atoms with Crippen LogP contribution in [0, 0.1) is 17.8 Å². The average molecular weight is 584 g/mol. The minimum absolute atomic E-state index is 0.0110. The number of amides is 3. The second-order valence-electron chi connectivity index (χ2n) is 9.57. The molecule has 3 amide bonds. The van der Waals surface area contributed by atoms with Crippen LogP contribution in [0.2, 0.25) is 5.15 Å². The highest BCUT2D eigenvalue weighted by atomic mass is 35.5. The summed E-state index contributed by atoms with van der Waals surface area (Å²) in [7, 11) is -4.21. The molecule has 39 heavy (non-hydrogen) atoms. The number of aromatic nitrogens is 2. The molecule has 0 fully saturated rings. The molecule has 0 bridgehead atoms. The van der Waals surface area contributed by atoms with Gasteiger partial charge in [-0.05, 0) is 36.0 Å². The molecule has 214 valence electrons. The van der Waals surface area contributed by atoms with Gasteiger partial charge in [0, 0.05) is 13.0 Å². The summed E-state index contributed by atoms with van der Waals surface area (Å²) in [5, 5.41) is 11.3. The van der Waals surface area contributed by atoms with Gasteiger partial charge in [0.25, 0.3) is 15.9 Å². The Balaban J connectivity index is 2.08. The molecule has 3 unspecified atom stereocenters. The van der Waals surface area contributed by atoms with Gasteiger partial charge in [0.2, 0.25) is 11.8 Å². The molecular weight excluding hydrogens is 550 g/mol. The van der Waals surface area contributed by atoms with Gasteiger partial charge in [0.15, 0.2) is 11.4 Å². The molecule has 1 aromatic carbocycles. The first-order chi connectivity index (χ1) is 18.4. The lowest BCUT2D eigenvalue weighted by Gasteiger charge is -2.26. The number of carbonyl (C=O) groups excluding carboxylic acids is 4. The summed E-state index contributed by atoms with van der Waals surface area (Å²) in [5.41, 5.74) is 2.39. The zero-order valence-corrected chi connectivity index (χ0v) is 23.8. The van der Waals surface area contributed by atoms with Gasteiger partial charge < -0.3 is 9.88 Å². The van der Waals surface area contributed by atoms with Crippen molar-refractivity contribution in [1.82, 2.24) is 25.1 Å². The number of sulfonamides is 1. The molecule has 2 rings (SSSR count). The van der Waals surface area contributed by atoms with Gasteiger partial charge in [-0.2, -0.15) is 0 Å². The van der Waals surface area contributed by atoms with Gasteiger partial charge in [0.05, 0.1) is 17.3 Å². The van der Waals surface area contributed by atoms with E-state index in [1.54, 1.807) is 30.5 Å². The van der Waals surface area contributed by atoms with Crippen molar-refractivity contribution in [1.29, 1.82) is 0 Å². The molecular formula is C25H34ClN5O7S. The normalized spacial score (nSPS) is 13.8. The van der Waals surface area contributed by atoms with Gasteiger partial charge in [-0.25, -0.2) is 23.6 Å². The minimum atomic E-state index is -4.21. The number of imidazole rings is 1. The Bertz CT molecular complexity index is 1280. The zero-order chi connectivity index (χ0) is 29.3. The SMILES string of the molecule is CCC(C)C(c1ccc(S(=O)(=O)NC(=O)CCNC(=O)C(CC(C)C)C(=O)NO)cc1)n1cnc(Cl)c1C=O. The molecule has 14 heteroatoms. The predicted octanol–water partition coefficient (Wildman–Crippen LogP) is 2.46. The quantitative estimate of drug-likeness (QED) is 0.113. The summed E-state index contributed by atoms with van der Waals surface area (Å²) in [6, 6.07) is 5.56. The third-order valence-corrected chi connectivity index (χ3v) is 7.94. The first kappa shape index (κ1) is 31.9. The first-order valence-corrected chi connectivity index (χ1v) is 14.3. The predicted molar refractivity (Wildman–Crippen MR) is 142 cm³/mol. The van der Waals surface area contributed by atoms with Gasteiger partial charge >= 0.3 is 0 Å². The molecule has 0 spiro atoms. The smallest absolute Gasteiger partial charge is 0.264 e. The molecule has 0 aliphatic carbocycles. The van der Waals surface area contributed by atoms with Crippen LogP contribution in [0.15, 0.2) is 35.5 Å². The van der Waals surface area contributed by atoms with Crippen LogP contribution in [0.5, 0.6) is 0 Å². The Morgan fingerprint density at radius 3 is 2.31 bits per heavy atom. The second kappa shape index (κ2) is 14.2. The van der Waals surface area contributed by atoms with Gasteiger partial charge in [0.1, 0.15) is 11.6 Å². The number of nitrogens with one attached hydrogen (secondary N) is 3. The molecule has 0 saturated heterocycles. The maximum Gasteiger partial charge on any atom is 0.264 e. The van der Waals surface area contributed by atoms with Crippen LogP contribution < -0.4 is 15.5 Å². The van der Waals surface area contributed by atoms with Crippen molar-refractivity contribution in [3.63, 3.8) is 0 Å². The third kappa shape index (κ3) is 8.35. The van der Waals surface area contributed by atoms with E-state index in [9.17, 15) is 27.6 Å². The van der Waals surface area contributed by atoms with E-state index in [1.807, 2.05) is 18.6 Å². The van der Waals surface area contributed by atoms with Crippen LogP contribution in [0.4, 0.5) is 0 Å². The van der Waals surface area contributed by atoms with Crippen LogP contribution >= 0.6 is 11.6 Å². The van der Waals surface area contributed by atoms with Crippen LogP contribution in [-0.4, -0.2) is 53.7 Å². The molecule has 1 heterocycles. The van der Waals surface area contributed by atoms with Crippen molar-refractivity contribution in [2.24, 2.45) is 17.8 Å². The fraction of sp³-hybridized carbons (Fsp3) is 0.480. The van der Waals surface area contributed by atoms with E-state index in [4.69, 9.17) is 16.8 Å². The van der Waals surface area contributed by atoms with Crippen LogP contribution in [0.3, 0.4) is 0 Å². The molecule has 3 atom stereocenters. The van der Waals surface area contributed by atoms with E-state index in [2.05, 4.69) is 10.3 Å². The zero-order valence-electron chi connectivity index (χ0n) is 22.2. The maximum absolute atomic E-state index is 12.8. The number of hydrogen-bond donors (Lipinski definition) is 4. The standard InChI is InChI=1S/C25H34ClN5O7S/c1-5-16(4)22(31-14-28-23(26)20(31)13-32)17-6-8-18(9-7-17)39(37,38)30-21(33)10-11-27-24(34)19(12-15(2)3)25(35)29-36/h6-9,13-16,19,22,36H,5,10-12H2,1-4H3,(H,27,34)(H,29,35)(H,30,33). The van der Waals surface area contributed by atoms with Crippen molar-refractivity contribution < 1.29 is 32.8 Å². The highest BCUT2D eigenvalue weighted by Gasteiger charge is 2.28. The Labute approximate surface area is 232 Å². The van der Waals surface area contributed by atoms with Crippen LogP contribution in [0.25, 0.3) is 0 Å². The Morgan fingerprint density at radius 1 is 1.13 bits per heavy atom.